The van der Waals surface area contributed by atoms with Crippen LogP contribution in [0.3, 0.4) is 0 Å². The molecule has 0 aliphatic carbocycles. The van der Waals surface area contributed by atoms with Gasteiger partial charge in [0.25, 0.3) is 5.92 Å². The largest absolute Gasteiger partial charge is 0.444 e. The highest BCUT2D eigenvalue weighted by atomic mass is 19.3. The molecule has 2 fully saturated rings. The summed E-state index contributed by atoms with van der Waals surface area (Å²) in [7, 11) is 0. The normalized spacial score (nSPS) is 25.6. The average Bonchev–Trinajstić information content (AvgIpc) is 2.48. The summed E-state index contributed by atoms with van der Waals surface area (Å²) < 4.78 is 32.8. The summed E-state index contributed by atoms with van der Waals surface area (Å²) >= 11 is 0. The minimum Gasteiger partial charge on any atom is -0.444 e. The summed E-state index contributed by atoms with van der Waals surface area (Å²) in [5, 5.41) is 3.15. The van der Waals surface area contributed by atoms with Crippen molar-refractivity contribution in [1.82, 2.24) is 10.2 Å². The van der Waals surface area contributed by atoms with Crippen LogP contribution < -0.4 is 5.32 Å². The number of rotatable bonds is 0. The second-order valence-corrected chi connectivity index (χ2v) is 6.57. The maximum Gasteiger partial charge on any atom is 0.410 e. The third-order valence-electron chi connectivity index (χ3n) is 3.70. The molecule has 4 nitrogen and oxygen atoms in total. The number of amides is 1. The van der Waals surface area contributed by atoms with E-state index < -0.39 is 29.7 Å². The van der Waals surface area contributed by atoms with Crippen LogP contribution in [0.15, 0.2) is 0 Å². The fraction of sp³-hybridized carbons (Fsp3) is 0.923. The number of alkyl halides is 2. The SMILES string of the molecule is CC(C)(C)OC(=O)N1CC(F)(F)CC12CCNCC2. The molecule has 0 aromatic heterocycles. The first-order valence-corrected chi connectivity index (χ1v) is 6.73. The summed E-state index contributed by atoms with van der Waals surface area (Å²) in [6.45, 7) is 6.03. The topological polar surface area (TPSA) is 41.6 Å². The van der Waals surface area contributed by atoms with E-state index in [1.807, 2.05) is 0 Å². The Bertz CT molecular complexity index is 360. The first kappa shape index (κ1) is 14.5. The van der Waals surface area contributed by atoms with Crippen LogP contribution in [0.25, 0.3) is 0 Å². The van der Waals surface area contributed by atoms with Gasteiger partial charge in [-0.25, -0.2) is 13.6 Å². The predicted octanol–water partition coefficient (Wildman–Crippen LogP) is 2.38. The Kier molecular flexibility index (Phi) is 3.49. The smallest absolute Gasteiger partial charge is 0.410 e. The van der Waals surface area contributed by atoms with Crippen LogP contribution in [0, 0.1) is 0 Å². The number of likely N-dealkylation sites (tertiary alicyclic amines) is 1. The van der Waals surface area contributed by atoms with Crippen LogP contribution in [-0.2, 0) is 4.74 Å². The van der Waals surface area contributed by atoms with E-state index in [-0.39, 0.29) is 6.42 Å². The van der Waals surface area contributed by atoms with Gasteiger partial charge in [0.1, 0.15) is 5.60 Å². The van der Waals surface area contributed by atoms with Crippen molar-refractivity contribution in [2.45, 2.75) is 57.1 Å². The monoisotopic (exact) mass is 276 g/mol. The molecule has 0 aromatic carbocycles. The highest BCUT2D eigenvalue weighted by Crippen LogP contribution is 2.44. The van der Waals surface area contributed by atoms with Gasteiger partial charge >= 0.3 is 6.09 Å². The van der Waals surface area contributed by atoms with E-state index in [4.69, 9.17) is 4.74 Å². The fourth-order valence-corrected chi connectivity index (χ4v) is 2.95. The maximum absolute atomic E-state index is 13.7. The first-order valence-electron chi connectivity index (χ1n) is 6.73. The lowest BCUT2D eigenvalue weighted by Gasteiger charge is -2.41. The Balaban J connectivity index is 2.18. The minimum atomic E-state index is -2.81. The van der Waals surface area contributed by atoms with Crippen molar-refractivity contribution in [1.29, 1.82) is 0 Å². The molecule has 0 saturated carbocycles. The molecule has 1 amide bonds. The van der Waals surface area contributed by atoms with Gasteiger partial charge in [0.05, 0.1) is 12.1 Å². The number of carbonyl (C=O) groups is 1. The molecule has 1 N–H and O–H groups in total. The number of hydrogen-bond donors (Lipinski definition) is 1. The molecule has 0 bridgehead atoms. The van der Waals surface area contributed by atoms with Gasteiger partial charge in [-0.15, -0.1) is 0 Å². The van der Waals surface area contributed by atoms with E-state index in [2.05, 4.69) is 5.32 Å². The molecular weight excluding hydrogens is 254 g/mol. The Morgan fingerprint density at radius 1 is 1.26 bits per heavy atom. The van der Waals surface area contributed by atoms with Gasteiger partial charge < -0.3 is 10.1 Å². The Labute approximate surface area is 112 Å². The molecule has 0 aromatic rings. The molecule has 19 heavy (non-hydrogen) atoms. The van der Waals surface area contributed by atoms with Crippen molar-refractivity contribution in [2.75, 3.05) is 19.6 Å². The minimum absolute atomic E-state index is 0.249. The van der Waals surface area contributed by atoms with E-state index in [0.717, 1.165) is 0 Å². The Morgan fingerprint density at radius 3 is 2.37 bits per heavy atom. The van der Waals surface area contributed by atoms with Gasteiger partial charge in [-0.3, -0.25) is 4.90 Å². The zero-order chi connectivity index (χ0) is 14.3. The number of halogens is 2. The molecule has 2 aliphatic heterocycles. The van der Waals surface area contributed by atoms with Gasteiger partial charge in [-0.2, -0.15) is 0 Å². The highest BCUT2D eigenvalue weighted by molar-refractivity contribution is 5.70. The number of nitrogens with zero attached hydrogens (tertiary/aromatic N) is 1. The van der Waals surface area contributed by atoms with Crippen molar-refractivity contribution in [3.63, 3.8) is 0 Å². The van der Waals surface area contributed by atoms with Crippen molar-refractivity contribution >= 4 is 6.09 Å². The molecule has 2 rings (SSSR count). The Hall–Kier alpha value is -0.910. The summed E-state index contributed by atoms with van der Waals surface area (Å²) in [5.41, 5.74) is -1.40. The third kappa shape index (κ3) is 3.16. The Morgan fingerprint density at radius 2 is 1.84 bits per heavy atom. The summed E-state index contributed by atoms with van der Waals surface area (Å²) in [5.74, 6) is -2.81. The lowest BCUT2D eigenvalue weighted by Crippen LogP contribution is -2.54. The predicted molar refractivity (Wildman–Crippen MR) is 67.3 cm³/mol. The number of ether oxygens (including phenoxy) is 1. The molecule has 1 spiro atoms. The van der Waals surface area contributed by atoms with Gasteiger partial charge in [-0.1, -0.05) is 0 Å². The molecule has 6 heteroatoms. The van der Waals surface area contributed by atoms with E-state index in [9.17, 15) is 13.6 Å². The van der Waals surface area contributed by atoms with E-state index in [1.165, 1.54) is 4.90 Å². The van der Waals surface area contributed by atoms with Crippen molar-refractivity contribution in [3.05, 3.63) is 0 Å². The zero-order valence-corrected chi connectivity index (χ0v) is 11.8. The van der Waals surface area contributed by atoms with E-state index in [1.54, 1.807) is 20.8 Å². The molecule has 110 valence electrons. The highest BCUT2D eigenvalue weighted by Gasteiger charge is 2.57. The number of hydrogen-bond acceptors (Lipinski definition) is 3. The second kappa shape index (κ2) is 4.58. The van der Waals surface area contributed by atoms with Crippen LogP contribution in [0.5, 0.6) is 0 Å². The van der Waals surface area contributed by atoms with Crippen molar-refractivity contribution < 1.29 is 18.3 Å². The zero-order valence-electron chi connectivity index (χ0n) is 11.8. The molecule has 2 heterocycles. The number of nitrogens with one attached hydrogen (secondary N) is 1. The van der Waals surface area contributed by atoms with Gasteiger partial charge in [0, 0.05) is 6.42 Å². The van der Waals surface area contributed by atoms with Crippen LogP contribution in [0.4, 0.5) is 13.6 Å². The van der Waals surface area contributed by atoms with E-state index in [0.29, 0.717) is 25.9 Å². The summed E-state index contributed by atoms with van der Waals surface area (Å²) in [6, 6.07) is 0. The maximum atomic E-state index is 13.7. The lowest BCUT2D eigenvalue weighted by atomic mass is 9.85. The van der Waals surface area contributed by atoms with Gasteiger partial charge in [0.15, 0.2) is 0 Å². The second-order valence-electron chi connectivity index (χ2n) is 6.57. The molecule has 2 saturated heterocycles. The van der Waals surface area contributed by atoms with Gasteiger partial charge in [0.2, 0.25) is 0 Å². The first-order chi connectivity index (χ1) is 8.64. The summed E-state index contributed by atoms with van der Waals surface area (Å²) in [4.78, 5) is 13.4. The fourth-order valence-electron chi connectivity index (χ4n) is 2.95. The van der Waals surface area contributed by atoms with Crippen molar-refractivity contribution in [2.24, 2.45) is 0 Å². The number of piperidine rings is 1. The van der Waals surface area contributed by atoms with Crippen LogP contribution in [0.2, 0.25) is 0 Å². The summed E-state index contributed by atoms with van der Waals surface area (Å²) in [6.07, 6.45) is 0.247. The molecular formula is C13H22F2N2O2. The molecule has 2 aliphatic rings. The number of carbonyl (C=O) groups excluding carboxylic acids is 1. The average molecular weight is 276 g/mol. The van der Waals surface area contributed by atoms with Crippen LogP contribution >= 0.6 is 0 Å². The van der Waals surface area contributed by atoms with E-state index >= 15 is 0 Å². The van der Waals surface area contributed by atoms with Crippen LogP contribution in [-0.4, -0.2) is 47.7 Å². The third-order valence-corrected chi connectivity index (χ3v) is 3.70. The molecule has 0 unspecified atom stereocenters. The van der Waals surface area contributed by atoms with Crippen molar-refractivity contribution in [3.8, 4) is 0 Å². The molecule has 0 radical (unpaired) electrons. The molecule has 0 atom stereocenters. The quantitative estimate of drug-likeness (QED) is 0.738. The lowest BCUT2D eigenvalue weighted by molar-refractivity contribution is -0.00584. The standard InChI is InChI=1S/C13H22F2N2O2/c1-11(2,3)19-10(18)17-9-13(14,15)8-12(17)4-6-16-7-5-12/h16H,4-9H2,1-3H3. The van der Waals surface area contributed by atoms with Crippen LogP contribution in [0.1, 0.15) is 40.0 Å². The van der Waals surface area contributed by atoms with Gasteiger partial charge in [-0.05, 0) is 46.7 Å².